The summed E-state index contributed by atoms with van der Waals surface area (Å²) in [5, 5.41) is 0. The number of carbonyl (C=O) groups excluding carboxylic acids is 3. The van der Waals surface area contributed by atoms with E-state index in [1.807, 2.05) is 0 Å². The lowest BCUT2D eigenvalue weighted by atomic mass is 10.0. The fourth-order valence-corrected chi connectivity index (χ4v) is 10.2. The quantitative estimate of drug-likeness (QED) is 0.0261. The Morgan fingerprint density at radius 1 is 0.253 bits per heavy atom. The van der Waals surface area contributed by atoms with Crippen LogP contribution in [0.5, 0.6) is 0 Å². The molecule has 0 amide bonds. The number of hydrogen-bond acceptors (Lipinski definition) is 6. The maximum absolute atomic E-state index is 12.9. The van der Waals surface area contributed by atoms with Gasteiger partial charge in [0, 0.05) is 19.3 Å². The summed E-state index contributed by atoms with van der Waals surface area (Å²) in [5.74, 6) is -0.863. The second kappa shape index (κ2) is 70.8. The third-order valence-corrected chi connectivity index (χ3v) is 15.6. The zero-order chi connectivity index (χ0) is 59.9. The molecule has 0 rings (SSSR count). The Morgan fingerprint density at radius 3 is 0.735 bits per heavy atom. The molecular weight excluding hydrogens is 1020 g/mol. The van der Waals surface area contributed by atoms with Gasteiger partial charge in [-0.15, -0.1) is 0 Å². The maximum Gasteiger partial charge on any atom is 0.306 e. The first-order valence-corrected chi connectivity index (χ1v) is 35.7. The summed E-state index contributed by atoms with van der Waals surface area (Å²) >= 11 is 0. The number of esters is 3. The molecule has 83 heavy (non-hydrogen) atoms. The standard InChI is InChI=1S/C77H134O6/c1-4-7-10-13-16-19-22-24-26-28-30-32-33-34-35-36-37-38-39-40-41-42-43-45-46-48-50-52-55-58-61-64-67-70-76(79)82-73-74(72-81-75(78)69-66-63-60-57-54-21-18-15-12-9-6-3)83-77(80)71-68-65-62-59-56-53-51-49-47-44-31-29-27-25-23-20-17-14-11-8-5-2/h7,10,16,19,23-26,29-32,34-35,37-38,74H,4-6,8-9,11-15,17-18,20-22,27-28,33,36,39-73H2,1-3H3/b10-7-,19-16-,25-23-,26-24-,31-29-,32-30-,35-34-,38-37-. The van der Waals surface area contributed by atoms with E-state index < -0.39 is 6.10 Å². The highest BCUT2D eigenvalue weighted by atomic mass is 16.6. The van der Waals surface area contributed by atoms with Crippen LogP contribution in [0.3, 0.4) is 0 Å². The molecule has 1 unspecified atom stereocenters. The molecule has 0 spiro atoms. The second-order valence-electron chi connectivity index (χ2n) is 23.8. The summed E-state index contributed by atoms with van der Waals surface area (Å²) in [7, 11) is 0. The van der Waals surface area contributed by atoms with Crippen LogP contribution in [0.15, 0.2) is 97.2 Å². The first-order valence-electron chi connectivity index (χ1n) is 35.7. The molecule has 0 aliphatic heterocycles. The molecular formula is C77H134O6. The van der Waals surface area contributed by atoms with Gasteiger partial charge in [-0.1, -0.05) is 330 Å². The Bertz CT molecular complexity index is 1610. The van der Waals surface area contributed by atoms with Crippen LogP contribution in [-0.4, -0.2) is 37.2 Å². The molecule has 0 saturated heterocycles. The highest BCUT2D eigenvalue weighted by molar-refractivity contribution is 5.71. The van der Waals surface area contributed by atoms with Crippen LogP contribution in [0.2, 0.25) is 0 Å². The number of carbonyl (C=O) groups is 3. The van der Waals surface area contributed by atoms with Crippen molar-refractivity contribution >= 4 is 17.9 Å². The summed E-state index contributed by atoms with van der Waals surface area (Å²) < 4.78 is 17.0. The first kappa shape index (κ1) is 79.3. The van der Waals surface area contributed by atoms with Gasteiger partial charge < -0.3 is 14.2 Å². The minimum atomic E-state index is -0.778. The van der Waals surface area contributed by atoms with Gasteiger partial charge in [-0.2, -0.15) is 0 Å². The number of unbranched alkanes of at least 4 members (excludes halogenated alkanes) is 38. The summed E-state index contributed by atoms with van der Waals surface area (Å²) in [5.41, 5.74) is 0. The lowest BCUT2D eigenvalue weighted by Gasteiger charge is -2.18. The van der Waals surface area contributed by atoms with Crippen molar-refractivity contribution in [1.29, 1.82) is 0 Å². The molecule has 0 N–H and O–H groups in total. The largest absolute Gasteiger partial charge is 0.462 e. The maximum atomic E-state index is 12.9. The van der Waals surface area contributed by atoms with Crippen LogP contribution in [0.4, 0.5) is 0 Å². The normalized spacial score (nSPS) is 12.7. The Hall–Kier alpha value is -3.67. The molecule has 0 saturated carbocycles. The van der Waals surface area contributed by atoms with Crippen molar-refractivity contribution in [3.05, 3.63) is 97.2 Å². The van der Waals surface area contributed by atoms with E-state index in [2.05, 4.69) is 118 Å². The molecule has 0 aliphatic carbocycles. The molecule has 6 nitrogen and oxygen atoms in total. The predicted octanol–water partition coefficient (Wildman–Crippen LogP) is 24.8. The van der Waals surface area contributed by atoms with E-state index in [0.29, 0.717) is 19.3 Å². The third kappa shape index (κ3) is 69.0. The minimum Gasteiger partial charge on any atom is -0.462 e. The molecule has 0 aromatic carbocycles. The van der Waals surface area contributed by atoms with Crippen molar-refractivity contribution in [3.63, 3.8) is 0 Å². The smallest absolute Gasteiger partial charge is 0.306 e. The Kier molecular flexibility index (Phi) is 67.7. The van der Waals surface area contributed by atoms with Crippen molar-refractivity contribution in [1.82, 2.24) is 0 Å². The van der Waals surface area contributed by atoms with Crippen LogP contribution >= 0.6 is 0 Å². The monoisotopic (exact) mass is 1160 g/mol. The highest BCUT2D eigenvalue weighted by Crippen LogP contribution is 2.17. The van der Waals surface area contributed by atoms with Crippen molar-refractivity contribution in [2.45, 2.75) is 361 Å². The van der Waals surface area contributed by atoms with Gasteiger partial charge in [0.25, 0.3) is 0 Å². The molecule has 0 bridgehead atoms. The summed E-state index contributed by atoms with van der Waals surface area (Å²) in [6.45, 7) is 6.55. The van der Waals surface area contributed by atoms with Crippen LogP contribution in [0, 0.1) is 0 Å². The third-order valence-electron chi connectivity index (χ3n) is 15.6. The Labute approximate surface area is 515 Å². The number of rotatable bonds is 65. The van der Waals surface area contributed by atoms with E-state index in [1.165, 1.54) is 212 Å². The highest BCUT2D eigenvalue weighted by Gasteiger charge is 2.19. The van der Waals surface area contributed by atoms with E-state index in [-0.39, 0.29) is 31.1 Å². The molecule has 0 radical (unpaired) electrons. The Balaban J connectivity index is 4.18. The van der Waals surface area contributed by atoms with Crippen LogP contribution in [0.1, 0.15) is 355 Å². The molecule has 6 heteroatoms. The van der Waals surface area contributed by atoms with Gasteiger partial charge in [0.15, 0.2) is 6.10 Å². The van der Waals surface area contributed by atoms with E-state index >= 15 is 0 Å². The summed E-state index contributed by atoms with van der Waals surface area (Å²) in [6.07, 6.45) is 95.8. The van der Waals surface area contributed by atoms with E-state index in [1.54, 1.807) is 0 Å². The van der Waals surface area contributed by atoms with Crippen molar-refractivity contribution < 1.29 is 28.6 Å². The zero-order valence-corrected chi connectivity index (χ0v) is 54.9. The van der Waals surface area contributed by atoms with Gasteiger partial charge in [-0.05, 0) is 103 Å². The van der Waals surface area contributed by atoms with Gasteiger partial charge in [0.1, 0.15) is 13.2 Å². The van der Waals surface area contributed by atoms with Crippen LogP contribution in [0.25, 0.3) is 0 Å². The SMILES string of the molecule is CC/C=C\C/C=C\C/C=C\C/C=C\C/C=C\C/C=C\CCCCCCCCCCCCCCCCC(=O)OCC(COC(=O)CCCCCCCCCCCCC)OC(=O)CCCCCCCCCCC/C=C\C/C=C\CCCCCCC. The van der Waals surface area contributed by atoms with Gasteiger partial charge in [0.05, 0.1) is 0 Å². The number of ether oxygens (including phenoxy) is 3. The summed E-state index contributed by atoms with van der Waals surface area (Å²) in [4.78, 5) is 38.4. The fraction of sp³-hybridized carbons (Fsp3) is 0.753. The van der Waals surface area contributed by atoms with E-state index in [4.69, 9.17) is 14.2 Å². The van der Waals surface area contributed by atoms with Crippen molar-refractivity contribution in [3.8, 4) is 0 Å². The molecule has 478 valence electrons. The van der Waals surface area contributed by atoms with Gasteiger partial charge in [-0.3, -0.25) is 14.4 Å². The van der Waals surface area contributed by atoms with E-state index in [9.17, 15) is 14.4 Å². The van der Waals surface area contributed by atoms with Crippen molar-refractivity contribution in [2.24, 2.45) is 0 Å². The molecule has 0 heterocycles. The lowest BCUT2D eigenvalue weighted by molar-refractivity contribution is -0.167. The van der Waals surface area contributed by atoms with Gasteiger partial charge in [-0.25, -0.2) is 0 Å². The molecule has 0 fully saturated rings. The average Bonchev–Trinajstić information content (AvgIpc) is 3.48. The molecule has 0 aromatic heterocycles. The predicted molar refractivity (Wildman–Crippen MR) is 362 cm³/mol. The minimum absolute atomic E-state index is 0.0743. The first-order chi connectivity index (χ1) is 41.0. The zero-order valence-electron chi connectivity index (χ0n) is 54.9. The summed E-state index contributed by atoms with van der Waals surface area (Å²) in [6, 6.07) is 0. The second-order valence-corrected chi connectivity index (χ2v) is 23.8. The number of hydrogen-bond donors (Lipinski definition) is 0. The average molecular weight is 1160 g/mol. The van der Waals surface area contributed by atoms with Crippen molar-refractivity contribution in [2.75, 3.05) is 13.2 Å². The molecule has 0 aromatic rings. The van der Waals surface area contributed by atoms with Crippen LogP contribution < -0.4 is 0 Å². The molecule has 1 atom stereocenters. The fourth-order valence-electron chi connectivity index (χ4n) is 10.2. The van der Waals surface area contributed by atoms with Gasteiger partial charge in [0.2, 0.25) is 0 Å². The van der Waals surface area contributed by atoms with Gasteiger partial charge >= 0.3 is 17.9 Å². The topological polar surface area (TPSA) is 78.9 Å². The number of allylic oxidation sites excluding steroid dienone is 16. The lowest BCUT2D eigenvalue weighted by Crippen LogP contribution is -2.30. The molecule has 0 aliphatic rings. The Morgan fingerprint density at radius 2 is 0.470 bits per heavy atom. The van der Waals surface area contributed by atoms with E-state index in [0.717, 1.165) is 103 Å². The van der Waals surface area contributed by atoms with Crippen LogP contribution in [-0.2, 0) is 28.6 Å².